The molecule has 0 spiro atoms. The van der Waals surface area contributed by atoms with E-state index in [9.17, 15) is 4.79 Å². The normalized spacial score (nSPS) is 10.6. The van der Waals surface area contributed by atoms with Crippen molar-refractivity contribution in [2.75, 3.05) is 7.11 Å². The molecule has 104 valence electrons. The van der Waals surface area contributed by atoms with E-state index in [2.05, 4.69) is 4.98 Å². The lowest BCUT2D eigenvalue weighted by molar-refractivity contribution is 0.103. The van der Waals surface area contributed by atoms with Gasteiger partial charge in [0.2, 0.25) is 0 Å². The minimum atomic E-state index is -0.0730. The largest absolute Gasteiger partial charge is 0.496 e. The molecule has 21 heavy (non-hydrogen) atoms. The van der Waals surface area contributed by atoms with Gasteiger partial charge in [-0.25, -0.2) is 0 Å². The number of benzene rings is 2. The van der Waals surface area contributed by atoms with Crippen LogP contribution in [-0.2, 0) is 0 Å². The van der Waals surface area contributed by atoms with Crippen LogP contribution in [0.3, 0.4) is 0 Å². The number of methoxy groups -OCH3 is 1. The number of nitrogens with zero attached hydrogens (tertiary/aromatic N) is 1. The fraction of sp³-hybridized carbons (Fsp3) is 0.111. The zero-order valence-electron chi connectivity index (χ0n) is 12.0. The van der Waals surface area contributed by atoms with Crippen LogP contribution in [0.1, 0.15) is 21.5 Å². The summed E-state index contributed by atoms with van der Waals surface area (Å²) in [5, 5.41) is 1.86. The van der Waals surface area contributed by atoms with Gasteiger partial charge < -0.3 is 4.74 Å². The topological polar surface area (TPSA) is 39.2 Å². The Morgan fingerprint density at radius 1 is 1.05 bits per heavy atom. The highest BCUT2D eigenvalue weighted by Gasteiger charge is 2.17. The Balaban J connectivity index is 2.17. The molecule has 3 heteroatoms. The molecule has 3 aromatic rings. The Kier molecular flexibility index (Phi) is 3.40. The van der Waals surface area contributed by atoms with Gasteiger partial charge in [0.05, 0.1) is 12.7 Å². The maximum Gasteiger partial charge on any atom is 0.198 e. The van der Waals surface area contributed by atoms with Crippen LogP contribution >= 0.6 is 0 Å². The third-order valence-corrected chi connectivity index (χ3v) is 3.51. The van der Waals surface area contributed by atoms with Crippen molar-refractivity contribution in [1.29, 1.82) is 0 Å². The summed E-state index contributed by atoms with van der Waals surface area (Å²) in [6.07, 6.45) is 3.38. The van der Waals surface area contributed by atoms with E-state index < -0.39 is 0 Å². The summed E-state index contributed by atoms with van der Waals surface area (Å²) >= 11 is 0. The quantitative estimate of drug-likeness (QED) is 0.684. The lowest BCUT2D eigenvalue weighted by atomic mass is 9.98. The number of hydrogen-bond donors (Lipinski definition) is 0. The highest BCUT2D eigenvalue weighted by atomic mass is 16.5. The van der Waals surface area contributed by atoms with Gasteiger partial charge in [-0.1, -0.05) is 30.3 Å². The van der Waals surface area contributed by atoms with E-state index in [4.69, 9.17) is 4.74 Å². The van der Waals surface area contributed by atoms with E-state index in [0.717, 1.165) is 16.3 Å². The van der Waals surface area contributed by atoms with Crippen LogP contribution in [-0.4, -0.2) is 17.9 Å². The zero-order valence-corrected chi connectivity index (χ0v) is 12.0. The molecule has 0 amide bonds. The minimum absolute atomic E-state index is 0.0730. The van der Waals surface area contributed by atoms with Gasteiger partial charge in [-0.05, 0) is 30.0 Å². The average Bonchev–Trinajstić information content (AvgIpc) is 2.53. The highest BCUT2D eigenvalue weighted by Crippen LogP contribution is 2.26. The molecular weight excluding hydrogens is 262 g/mol. The molecule has 3 nitrogen and oxygen atoms in total. The van der Waals surface area contributed by atoms with E-state index in [1.807, 2.05) is 43.3 Å². The van der Waals surface area contributed by atoms with Crippen LogP contribution in [0, 0.1) is 6.92 Å². The number of carbonyl (C=O) groups is 1. The fourth-order valence-corrected chi connectivity index (χ4v) is 2.43. The van der Waals surface area contributed by atoms with Crippen molar-refractivity contribution in [2.24, 2.45) is 0 Å². The molecule has 2 aromatic carbocycles. The summed E-state index contributed by atoms with van der Waals surface area (Å²) in [4.78, 5) is 17.0. The third kappa shape index (κ3) is 2.38. The summed E-state index contributed by atoms with van der Waals surface area (Å²) in [6.45, 7) is 1.97. The number of aromatic nitrogens is 1. The zero-order chi connectivity index (χ0) is 14.8. The predicted octanol–water partition coefficient (Wildman–Crippen LogP) is 3.78. The van der Waals surface area contributed by atoms with Crippen molar-refractivity contribution in [3.8, 4) is 5.75 Å². The van der Waals surface area contributed by atoms with Crippen LogP contribution in [0.15, 0.2) is 54.9 Å². The summed E-state index contributed by atoms with van der Waals surface area (Å²) in [5.41, 5.74) is 2.20. The van der Waals surface area contributed by atoms with E-state index in [1.54, 1.807) is 25.6 Å². The first-order valence-corrected chi connectivity index (χ1v) is 6.73. The Labute approximate surface area is 123 Å². The van der Waals surface area contributed by atoms with Gasteiger partial charge >= 0.3 is 0 Å². The Bertz CT molecular complexity index is 819. The number of fused-ring (bicyclic) bond motifs is 1. The molecule has 0 atom stereocenters. The summed E-state index contributed by atoms with van der Waals surface area (Å²) in [6, 6.07) is 13.3. The number of rotatable bonds is 3. The number of aryl methyl sites for hydroxylation is 1. The molecular formula is C18H15NO2. The first-order valence-electron chi connectivity index (χ1n) is 6.73. The van der Waals surface area contributed by atoms with E-state index in [0.29, 0.717) is 16.9 Å². The van der Waals surface area contributed by atoms with Gasteiger partial charge in [0.1, 0.15) is 5.75 Å². The maximum atomic E-state index is 12.8. The first kappa shape index (κ1) is 13.3. The van der Waals surface area contributed by atoms with Gasteiger partial charge in [0.25, 0.3) is 0 Å². The highest BCUT2D eigenvalue weighted by molar-refractivity contribution is 6.17. The molecule has 0 aliphatic rings. The molecule has 1 heterocycles. The molecule has 0 radical (unpaired) electrons. The molecule has 0 unspecified atom stereocenters. The van der Waals surface area contributed by atoms with E-state index in [1.165, 1.54) is 0 Å². The molecule has 3 rings (SSSR count). The second-order valence-corrected chi connectivity index (χ2v) is 4.94. The Morgan fingerprint density at radius 3 is 2.67 bits per heavy atom. The summed E-state index contributed by atoms with van der Waals surface area (Å²) in [7, 11) is 1.58. The summed E-state index contributed by atoms with van der Waals surface area (Å²) < 4.78 is 5.34. The monoisotopic (exact) mass is 277 g/mol. The number of pyridine rings is 1. The van der Waals surface area contributed by atoms with Gasteiger partial charge in [0, 0.05) is 23.3 Å². The SMILES string of the molecule is COc1cc(C)ccc1C(=O)c1cncc2ccccc12. The third-order valence-electron chi connectivity index (χ3n) is 3.51. The van der Waals surface area contributed by atoms with Gasteiger partial charge in [-0.15, -0.1) is 0 Å². The molecule has 1 aromatic heterocycles. The van der Waals surface area contributed by atoms with Gasteiger partial charge in [-0.2, -0.15) is 0 Å². The number of ether oxygens (including phenoxy) is 1. The van der Waals surface area contributed by atoms with Crippen molar-refractivity contribution in [3.05, 3.63) is 71.5 Å². The predicted molar refractivity (Wildman–Crippen MR) is 82.9 cm³/mol. The molecule has 0 bridgehead atoms. The minimum Gasteiger partial charge on any atom is -0.496 e. The average molecular weight is 277 g/mol. The standard InChI is InChI=1S/C18H15NO2/c1-12-7-8-15(17(9-12)21-2)18(20)16-11-19-10-13-5-3-4-6-14(13)16/h3-11H,1-2H3. The molecule has 0 aliphatic carbocycles. The molecule has 0 aliphatic heterocycles. The van der Waals surface area contributed by atoms with Gasteiger partial charge in [0.15, 0.2) is 5.78 Å². The molecule has 0 saturated carbocycles. The number of ketones is 1. The molecule has 0 fully saturated rings. The van der Waals surface area contributed by atoms with Crippen molar-refractivity contribution in [1.82, 2.24) is 4.98 Å². The second-order valence-electron chi connectivity index (χ2n) is 4.94. The second kappa shape index (κ2) is 5.37. The first-order chi connectivity index (χ1) is 10.2. The fourth-order valence-electron chi connectivity index (χ4n) is 2.43. The number of carbonyl (C=O) groups excluding carboxylic acids is 1. The number of hydrogen-bond acceptors (Lipinski definition) is 3. The molecule has 0 saturated heterocycles. The maximum absolute atomic E-state index is 12.8. The van der Waals surface area contributed by atoms with Crippen molar-refractivity contribution >= 4 is 16.6 Å². The van der Waals surface area contributed by atoms with Crippen LogP contribution in [0.25, 0.3) is 10.8 Å². The lowest BCUT2D eigenvalue weighted by Gasteiger charge is -2.10. The van der Waals surface area contributed by atoms with E-state index in [-0.39, 0.29) is 5.78 Å². The van der Waals surface area contributed by atoms with Crippen LogP contribution in [0.4, 0.5) is 0 Å². The van der Waals surface area contributed by atoms with Crippen molar-refractivity contribution < 1.29 is 9.53 Å². The Morgan fingerprint density at radius 2 is 1.86 bits per heavy atom. The van der Waals surface area contributed by atoms with Gasteiger partial charge in [-0.3, -0.25) is 9.78 Å². The molecule has 0 N–H and O–H groups in total. The lowest BCUT2D eigenvalue weighted by Crippen LogP contribution is -2.05. The summed E-state index contributed by atoms with van der Waals surface area (Å²) in [5.74, 6) is 0.518. The smallest absolute Gasteiger partial charge is 0.198 e. The van der Waals surface area contributed by atoms with Crippen LogP contribution < -0.4 is 4.74 Å². The Hall–Kier alpha value is -2.68. The van der Waals surface area contributed by atoms with Crippen molar-refractivity contribution in [2.45, 2.75) is 6.92 Å². The van der Waals surface area contributed by atoms with Crippen LogP contribution in [0.5, 0.6) is 5.75 Å². The van der Waals surface area contributed by atoms with Crippen molar-refractivity contribution in [3.63, 3.8) is 0 Å². The van der Waals surface area contributed by atoms with E-state index >= 15 is 0 Å². The van der Waals surface area contributed by atoms with Crippen LogP contribution in [0.2, 0.25) is 0 Å².